The molecule has 3 heteroatoms. The van der Waals surface area contributed by atoms with E-state index < -0.39 is 0 Å². The molecule has 0 aliphatic rings. The number of methoxy groups -OCH3 is 1. The highest BCUT2D eigenvalue weighted by Gasteiger charge is 2.00. The van der Waals surface area contributed by atoms with E-state index in [2.05, 4.69) is 17.1 Å². The molecule has 0 spiro atoms. The van der Waals surface area contributed by atoms with Crippen LogP contribution in [-0.2, 0) is 4.74 Å². The zero-order valence-corrected chi connectivity index (χ0v) is 9.31. The average Bonchev–Trinajstić information content (AvgIpc) is 2.16. The third kappa shape index (κ3) is 8.22. The van der Waals surface area contributed by atoms with E-state index in [1.54, 1.807) is 7.11 Å². The Kier molecular flexibility index (Phi) is 9.87. The van der Waals surface area contributed by atoms with Crippen molar-refractivity contribution in [3.63, 3.8) is 0 Å². The lowest BCUT2D eigenvalue weighted by atomic mass is 10.3. The molecule has 0 aliphatic heterocycles. The first-order valence-electron chi connectivity index (χ1n) is 5.21. The van der Waals surface area contributed by atoms with Crippen molar-refractivity contribution in [3.8, 4) is 0 Å². The van der Waals surface area contributed by atoms with Crippen LogP contribution < -0.4 is 5.32 Å². The molecule has 0 bridgehead atoms. The minimum absolute atomic E-state index is 0.878. The predicted octanol–water partition coefficient (Wildman–Crippen LogP) is 0.954. The monoisotopic (exact) mass is 188 g/mol. The van der Waals surface area contributed by atoms with Crippen LogP contribution in [0.5, 0.6) is 0 Å². The molecule has 0 aromatic heterocycles. The lowest BCUT2D eigenvalue weighted by Crippen LogP contribution is -2.28. The second kappa shape index (κ2) is 9.96. The molecule has 1 N–H and O–H groups in total. The second-order valence-corrected chi connectivity index (χ2v) is 3.24. The van der Waals surface area contributed by atoms with E-state index in [1.807, 2.05) is 7.05 Å². The van der Waals surface area contributed by atoms with Gasteiger partial charge in [0.25, 0.3) is 0 Å². The lowest BCUT2D eigenvalue weighted by Gasteiger charge is -2.19. The third-order valence-corrected chi connectivity index (χ3v) is 2.17. The molecule has 3 nitrogen and oxygen atoms in total. The highest BCUT2D eigenvalue weighted by molar-refractivity contribution is 4.56. The summed E-state index contributed by atoms with van der Waals surface area (Å²) < 4.78 is 5.02. The van der Waals surface area contributed by atoms with Crippen molar-refractivity contribution >= 4 is 0 Å². The van der Waals surface area contributed by atoms with Gasteiger partial charge in [-0.25, -0.2) is 0 Å². The fraction of sp³-hybridized carbons (Fsp3) is 1.00. The Labute approximate surface area is 82.4 Å². The van der Waals surface area contributed by atoms with E-state index in [4.69, 9.17) is 4.74 Å². The van der Waals surface area contributed by atoms with Gasteiger partial charge in [-0.2, -0.15) is 0 Å². The van der Waals surface area contributed by atoms with Crippen molar-refractivity contribution in [2.24, 2.45) is 0 Å². The fourth-order valence-electron chi connectivity index (χ4n) is 1.34. The molecule has 0 radical (unpaired) electrons. The van der Waals surface area contributed by atoms with Gasteiger partial charge in [-0.15, -0.1) is 0 Å². The van der Waals surface area contributed by atoms with Gasteiger partial charge in [0.1, 0.15) is 0 Å². The van der Waals surface area contributed by atoms with Crippen LogP contribution >= 0.6 is 0 Å². The van der Waals surface area contributed by atoms with Crippen molar-refractivity contribution in [2.75, 3.05) is 46.9 Å². The van der Waals surface area contributed by atoms with Crippen molar-refractivity contribution < 1.29 is 4.74 Å². The first-order valence-corrected chi connectivity index (χ1v) is 5.21. The van der Waals surface area contributed by atoms with Crippen LogP contribution in [0.1, 0.15) is 19.8 Å². The first-order chi connectivity index (χ1) is 6.35. The zero-order valence-electron chi connectivity index (χ0n) is 9.31. The Balaban J connectivity index is 3.28. The molecular weight excluding hydrogens is 164 g/mol. The van der Waals surface area contributed by atoms with Crippen LogP contribution in [-0.4, -0.2) is 51.8 Å². The smallest absolute Gasteiger partial charge is 0.0474 e. The quantitative estimate of drug-likeness (QED) is 0.545. The maximum atomic E-state index is 5.02. The number of rotatable bonds is 9. The van der Waals surface area contributed by atoms with Gasteiger partial charge >= 0.3 is 0 Å². The largest absolute Gasteiger partial charge is 0.385 e. The van der Waals surface area contributed by atoms with Gasteiger partial charge in [0.2, 0.25) is 0 Å². The van der Waals surface area contributed by atoms with Crippen LogP contribution in [0.2, 0.25) is 0 Å². The van der Waals surface area contributed by atoms with Gasteiger partial charge in [0.15, 0.2) is 0 Å². The number of hydrogen-bond donors (Lipinski definition) is 1. The minimum Gasteiger partial charge on any atom is -0.385 e. The van der Waals surface area contributed by atoms with Crippen LogP contribution in [0.25, 0.3) is 0 Å². The molecule has 0 aliphatic carbocycles. The second-order valence-electron chi connectivity index (χ2n) is 3.24. The molecule has 0 unspecified atom stereocenters. The molecular formula is C10H24N2O. The van der Waals surface area contributed by atoms with E-state index in [9.17, 15) is 0 Å². The number of ether oxygens (including phenoxy) is 1. The van der Waals surface area contributed by atoms with Crippen LogP contribution in [0.4, 0.5) is 0 Å². The van der Waals surface area contributed by atoms with E-state index in [1.165, 1.54) is 13.0 Å². The van der Waals surface area contributed by atoms with Crippen molar-refractivity contribution in [1.82, 2.24) is 10.2 Å². The summed E-state index contributed by atoms with van der Waals surface area (Å²) in [5.74, 6) is 0. The first kappa shape index (κ1) is 12.9. The summed E-state index contributed by atoms with van der Waals surface area (Å²) in [5, 5.41) is 3.16. The Bertz CT molecular complexity index is 88.9. The number of nitrogens with one attached hydrogen (secondary N) is 1. The Hall–Kier alpha value is -0.120. The van der Waals surface area contributed by atoms with Crippen LogP contribution in [0.15, 0.2) is 0 Å². The van der Waals surface area contributed by atoms with Gasteiger partial charge in [-0.1, -0.05) is 6.92 Å². The van der Waals surface area contributed by atoms with Crippen LogP contribution in [0.3, 0.4) is 0 Å². The van der Waals surface area contributed by atoms with Gasteiger partial charge in [0.05, 0.1) is 0 Å². The van der Waals surface area contributed by atoms with Gasteiger partial charge in [-0.3, -0.25) is 0 Å². The molecule has 0 saturated carbocycles. The summed E-state index contributed by atoms with van der Waals surface area (Å²) in [6.07, 6.45) is 2.38. The number of hydrogen-bond acceptors (Lipinski definition) is 3. The topological polar surface area (TPSA) is 24.5 Å². The number of nitrogens with zero attached hydrogens (tertiary/aromatic N) is 1. The van der Waals surface area contributed by atoms with E-state index in [-0.39, 0.29) is 0 Å². The van der Waals surface area contributed by atoms with E-state index in [0.717, 1.165) is 32.7 Å². The maximum Gasteiger partial charge on any atom is 0.0474 e. The summed E-state index contributed by atoms with van der Waals surface area (Å²) in [6.45, 7) is 7.71. The van der Waals surface area contributed by atoms with Gasteiger partial charge in [0, 0.05) is 20.3 Å². The Morgan fingerprint density at radius 1 is 1.23 bits per heavy atom. The summed E-state index contributed by atoms with van der Waals surface area (Å²) in [5.41, 5.74) is 0. The van der Waals surface area contributed by atoms with Gasteiger partial charge in [-0.05, 0) is 39.5 Å². The standard InChI is InChI=1S/C10H24N2O/c1-4-12(8-5-7-11-2)9-6-10-13-3/h11H,4-10H2,1-3H3. The van der Waals surface area contributed by atoms with E-state index in [0.29, 0.717) is 0 Å². The molecule has 0 aromatic carbocycles. The molecule has 0 rings (SSSR count). The van der Waals surface area contributed by atoms with Gasteiger partial charge < -0.3 is 15.0 Å². The fourth-order valence-corrected chi connectivity index (χ4v) is 1.34. The minimum atomic E-state index is 0.878. The van der Waals surface area contributed by atoms with Crippen LogP contribution in [0, 0.1) is 0 Å². The highest BCUT2D eigenvalue weighted by atomic mass is 16.5. The molecule has 0 fully saturated rings. The normalized spacial score (nSPS) is 11.1. The SMILES string of the molecule is CCN(CCCNC)CCCOC. The summed E-state index contributed by atoms with van der Waals surface area (Å²) >= 11 is 0. The molecule has 80 valence electrons. The maximum absolute atomic E-state index is 5.02. The van der Waals surface area contributed by atoms with Crippen molar-refractivity contribution in [2.45, 2.75) is 19.8 Å². The molecule has 0 amide bonds. The van der Waals surface area contributed by atoms with E-state index >= 15 is 0 Å². The molecule has 13 heavy (non-hydrogen) atoms. The van der Waals surface area contributed by atoms with Crippen molar-refractivity contribution in [1.29, 1.82) is 0 Å². The lowest BCUT2D eigenvalue weighted by molar-refractivity contribution is 0.173. The van der Waals surface area contributed by atoms with Crippen molar-refractivity contribution in [3.05, 3.63) is 0 Å². The summed E-state index contributed by atoms with van der Waals surface area (Å²) in [4.78, 5) is 2.47. The molecule has 0 aromatic rings. The zero-order chi connectivity index (χ0) is 9.94. The average molecular weight is 188 g/mol. The molecule has 0 atom stereocenters. The Morgan fingerprint density at radius 3 is 2.46 bits per heavy atom. The Morgan fingerprint density at radius 2 is 1.92 bits per heavy atom. The predicted molar refractivity (Wildman–Crippen MR) is 57.2 cm³/mol. The third-order valence-electron chi connectivity index (χ3n) is 2.17. The molecule has 0 heterocycles. The molecule has 0 saturated heterocycles. The summed E-state index contributed by atoms with van der Waals surface area (Å²) in [6, 6.07) is 0. The highest BCUT2D eigenvalue weighted by Crippen LogP contribution is 1.93. The summed E-state index contributed by atoms with van der Waals surface area (Å²) in [7, 11) is 3.76.